The Morgan fingerprint density at radius 1 is 1.45 bits per heavy atom. The molecule has 1 unspecified atom stereocenters. The zero-order chi connectivity index (χ0) is 13.9. The van der Waals surface area contributed by atoms with Crippen LogP contribution in [-0.4, -0.2) is 36.2 Å². The molecule has 1 aromatic carbocycles. The van der Waals surface area contributed by atoms with Crippen molar-refractivity contribution in [3.63, 3.8) is 0 Å². The number of aromatic nitrogens is 1. The lowest BCUT2D eigenvalue weighted by molar-refractivity contribution is 0.0957. The van der Waals surface area contributed by atoms with Crippen LogP contribution in [0.25, 0.3) is 10.9 Å². The minimum absolute atomic E-state index is 0.139. The quantitative estimate of drug-likeness (QED) is 0.848. The van der Waals surface area contributed by atoms with Gasteiger partial charge in [0.25, 0.3) is 0 Å². The van der Waals surface area contributed by atoms with Crippen LogP contribution in [0.4, 0.5) is 0 Å². The van der Waals surface area contributed by atoms with Gasteiger partial charge in [0.1, 0.15) is 0 Å². The molecule has 1 aliphatic rings. The van der Waals surface area contributed by atoms with Gasteiger partial charge in [-0.1, -0.05) is 18.2 Å². The molecule has 20 heavy (non-hydrogen) atoms. The predicted octanol–water partition coefficient (Wildman–Crippen LogP) is 2.13. The minimum atomic E-state index is 0.139. The molecule has 0 radical (unpaired) electrons. The number of hydrogen-bond acceptors (Lipinski definition) is 3. The van der Waals surface area contributed by atoms with E-state index in [9.17, 15) is 4.79 Å². The van der Waals surface area contributed by atoms with E-state index in [1.165, 1.54) is 0 Å². The maximum Gasteiger partial charge on any atom is 0.178 e. The summed E-state index contributed by atoms with van der Waals surface area (Å²) in [4.78, 5) is 12.3. The molecule has 0 spiro atoms. The van der Waals surface area contributed by atoms with E-state index in [2.05, 4.69) is 5.32 Å². The summed E-state index contributed by atoms with van der Waals surface area (Å²) in [6.07, 6.45) is 4.41. The highest BCUT2D eigenvalue weighted by Crippen LogP contribution is 2.20. The fraction of sp³-hybridized carbons (Fsp3) is 0.438. The van der Waals surface area contributed by atoms with Gasteiger partial charge in [0.15, 0.2) is 5.78 Å². The number of nitrogens with one attached hydrogen (secondary N) is 1. The van der Waals surface area contributed by atoms with Crippen molar-refractivity contribution in [3.8, 4) is 0 Å². The second-order valence-electron chi connectivity index (χ2n) is 5.36. The van der Waals surface area contributed by atoms with Gasteiger partial charge in [0, 0.05) is 42.9 Å². The number of aryl methyl sites for hydroxylation is 1. The molecule has 0 amide bonds. The van der Waals surface area contributed by atoms with E-state index in [0.717, 1.165) is 42.5 Å². The van der Waals surface area contributed by atoms with Crippen molar-refractivity contribution in [2.45, 2.75) is 18.9 Å². The van der Waals surface area contributed by atoms with Crippen LogP contribution in [0.1, 0.15) is 23.2 Å². The van der Waals surface area contributed by atoms with Gasteiger partial charge in [0.05, 0.1) is 12.6 Å². The molecule has 3 rings (SSSR count). The monoisotopic (exact) mass is 272 g/mol. The molecule has 1 aliphatic heterocycles. The molecule has 4 nitrogen and oxygen atoms in total. The molecule has 2 aromatic rings. The molecule has 1 aromatic heterocycles. The van der Waals surface area contributed by atoms with Gasteiger partial charge in [-0.2, -0.15) is 0 Å². The predicted molar refractivity (Wildman–Crippen MR) is 79.1 cm³/mol. The first-order valence-electron chi connectivity index (χ1n) is 7.15. The third kappa shape index (κ3) is 2.62. The van der Waals surface area contributed by atoms with Crippen molar-refractivity contribution in [1.29, 1.82) is 0 Å². The normalized spacial score (nSPS) is 18.8. The zero-order valence-electron chi connectivity index (χ0n) is 11.8. The second-order valence-corrected chi connectivity index (χ2v) is 5.36. The number of nitrogens with zero attached hydrogens (tertiary/aromatic N) is 1. The van der Waals surface area contributed by atoms with Crippen molar-refractivity contribution in [2.24, 2.45) is 7.05 Å². The summed E-state index contributed by atoms with van der Waals surface area (Å²) in [6, 6.07) is 8.00. The van der Waals surface area contributed by atoms with Gasteiger partial charge in [-0.15, -0.1) is 0 Å². The minimum Gasteiger partial charge on any atom is -0.377 e. The molecular weight excluding hydrogens is 252 g/mol. The third-order valence-electron chi connectivity index (χ3n) is 3.88. The Balaban J connectivity index is 1.66. The first-order valence-corrected chi connectivity index (χ1v) is 7.15. The lowest BCUT2D eigenvalue weighted by Gasteiger charge is -2.09. The summed E-state index contributed by atoms with van der Waals surface area (Å²) in [5.41, 5.74) is 1.89. The van der Waals surface area contributed by atoms with E-state index < -0.39 is 0 Å². The van der Waals surface area contributed by atoms with Gasteiger partial charge in [-0.3, -0.25) is 4.79 Å². The number of carbonyl (C=O) groups is 1. The maximum atomic E-state index is 12.3. The molecule has 1 saturated heterocycles. The summed E-state index contributed by atoms with van der Waals surface area (Å²) in [5.74, 6) is 0.139. The van der Waals surface area contributed by atoms with E-state index in [4.69, 9.17) is 4.74 Å². The van der Waals surface area contributed by atoms with Crippen LogP contribution < -0.4 is 5.32 Å². The van der Waals surface area contributed by atoms with Crippen LogP contribution in [0.2, 0.25) is 0 Å². The van der Waals surface area contributed by atoms with Crippen LogP contribution in [0, 0.1) is 0 Å². The fourth-order valence-electron chi connectivity index (χ4n) is 2.81. The molecule has 106 valence electrons. The number of carbonyl (C=O) groups excluding carboxylic acids is 1. The maximum absolute atomic E-state index is 12.3. The summed E-state index contributed by atoms with van der Waals surface area (Å²) in [6.45, 7) is 1.98. The zero-order valence-corrected chi connectivity index (χ0v) is 11.8. The second kappa shape index (κ2) is 5.77. The van der Waals surface area contributed by atoms with Gasteiger partial charge < -0.3 is 14.6 Å². The van der Waals surface area contributed by atoms with Gasteiger partial charge in [0.2, 0.25) is 0 Å². The van der Waals surface area contributed by atoms with E-state index in [1.807, 2.05) is 42.1 Å². The van der Waals surface area contributed by atoms with Crippen molar-refractivity contribution in [3.05, 3.63) is 36.0 Å². The Kier molecular flexibility index (Phi) is 3.85. The summed E-state index contributed by atoms with van der Waals surface area (Å²) < 4.78 is 7.54. The molecule has 0 bridgehead atoms. The number of benzene rings is 1. The Hall–Kier alpha value is -1.65. The highest BCUT2D eigenvalue weighted by atomic mass is 16.5. The first kappa shape index (κ1) is 13.3. The number of hydrogen-bond donors (Lipinski definition) is 1. The number of para-hydroxylation sites is 1. The number of Topliss-reactive ketones (excluding diaryl/α,β-unsaturated/α-hetero) is 1. The summed E-state index contributed by atoms with van der Waals surface area (Å²) in [5, 5.41) is 4.24. The Bertz CT molecular complexity index is 612. The first-order chi connectivity index (χ1) is 9.75. The summed E-state index contributed by atoms with van der Waals surface area (Å²) in [7, 11) is 1.97. The van der Waals surface area contributed by atoms with Crippen molar-refractivity contribution < 1.29 is 9.53 Å². The van der Waals surface area contributed by atoms with E-state index >= 15 is 0 Å². The topological polar surface area (TPSA) is 43.3 Å². The molecule has 2 heterocycles. The molecule has 4 heteroatoms. The molecule has 0 saturated carbocycles. The fourth-order valence-corrected chi connectivity index (χ4v) is 2.81. The number of rotatable bonds is 5. The third-order valence-corrected chi connectivity index (χ3v) is 3.88. The van der Waals surface area contributed by atoms with Crippen LogP contribution >= 0.6 is 0 Å². The molecule has 1 fully saturated rings. The Labute approximate surface area is 118 Å². The van der Waals surface area contributed by atoms with E-state index in [-0.39, 0.29) is 11.9 Å². The van der Waals surface area contributed by atoms with Crippen molar-refractivity contribution >= 4 is 16.7 Å². The van der Waals surface area contributed by atoms with Gasteiger partial charge in [-0.05, 0) is 18.9 Å². The van der Waals surface area contributed by atoms with Crippen molar-refractivity contribution in [1.82, 2.24) is 9.88 Å². The molecular formula is C16H20N2O2. The SMILES string of the molecule is Cn1cc(C(=O)CNCC2CCCO2)c2ccccc21. The molecule has 1 N–H and O–H groups in total. The number of fused-ring (bicyclic) bond motifs is 1. The summed E-state index contributed by atoms with van der Waals surface area (Å²) >= 11 is 0. The smallest absolute Gasteiger partial charge is 0.178 e. The van der Waals surface area contributed by atoms with Crippen LogP contribution in [-0.2, 0) is 11.8 Å². The lowest BCUT2D eigenvalue weighted by atomic mass is 10.1. The van der Waals surface area contributed by atoms with Crippen LogP contribution in [0.3, 0.4) is 0 Å². The van der Waals surface area contributed by atoms with Crippen LogP contribution in [0.5, 0.6) is 0 Å². The Morgan fingerprint density at radius 3 is 3.10 bits per heavy atom. The highest BCUT2D eigenvalue weighted by molar-refractivity contribution is 6.09. The molecule has 1 atom stereocenters. The number of ketones is 1. The average molecular weight is 272 g/mol. The average Bonchev–Trinajstić information content (AvgIpc) is 3.08. The van der Waals surface area contributed by atoms with E-state index in [0.29, 0.717) is 6.54 Å². The van der Waals surface area contributed by atoms with Gasteiger partial charge >= 0.3 is 0 Å². The largest absolute Gasteiger partial charge is 0.377 e. The van der Waals surface area contributed by atoms with Crippen LogP contribution in [0.15, 0.2) is 30.5 Å². The Morgan fingerprint density at radius 2 is 2.30 bits per heavy atom. The lowest BCUT2D eigenvalue weighted by Crippen LogP contribution is -2.30. The number of ether oxygens (including phenoxy) is 1. The molecule has 0 aliphatic carbocycles. The highest BCUT2D eigenvalue weighted by Gasteiger charge is 2.17. The van der Waals surface area contributed by atoms with Gasteiger partial charge in [-0.25, -0.2) is 0 Å². The van der Waals surface area contributed by atoms with E-state index in [1.54, 1.807) is 0 Å². The van der Waals surface area contributed by atoms with Crippen molar-refractivity contribution in [2.75, 3.05) is 19.7 Å². The standard InChI is InChI=1S/C16H20N2O2/c1-18-11-14(13-6-2-3-7-15(13)18)16(19)10-17-9-12-5-4-8-20-12/h2-3,6-7,11-12,17H,4-5,8-10H2,1H3.